The molecule has 0 spiro atoms. The lowest BCUT2D eigenvalue weighted by molar-refractivity contribution is -0.161. The molecule has 0 fully saturated rings. The van der Waals surface area contributed by atoms with E-state index in [-0.39, 0.29) is 31.1 Å². The van der Waals surface area contributed by atoms with Crippen molar-refractivity contribution in [2.75, 3.05) is 19.8 Å². The number of thiophene rings is 1. The third-order valence-corrected chi connectivity index (χ3v) is 6.50. The van der Waals surface area contributed by atoms with E-state index in [0.717, 1.165) is 10.4 Å². The van der Waals surface area contributed by atoms with Crippen LogP contribution in [0.25, 0.3) is 0 Å². The third-order valence-electron chi connectivity index (χ3n) is 4.01. The van der Waals surface area contributed by atoms with Crippen molar-refractivity contribution in [2.45, 2.75) is 31.6 Å². The van der Waals surface area contributed by atoms with Crippen molar-refractivity contribution in [1.29, 1.82) is 0 Å². The Morgan fingerprint density at radius 3 is 2.28 bits per heavy atom. The summed E-state index contributed by atoms with van der Waals surface area (Å²) in [6, 6.07) is 10.0. The Balaban J connectivity index is 1.95. The lowest BCUT2D eigenvalue weighted by Gasteiger charge is -2.13. The quantitative estimate of drug-likeness (QED) is 0.427. The van der Waals surface area contributed by atoms with Gasteiger partial charge < -0.3 is 9.47 Å². The smallest absolute Gasteiger partial charge is 0.320 e. The van der Waals surface area contributed by atoms with E-state index >= 15 is 0 Å². The molecule has 1 heterocycles. The van der Waals surface area contributed by atoms with Crippen molar-refractivity contribution in [1.82, 2.24) is 4.72 Å². The SMILES string of the molecule is CCOC(=O)C(Cc1cc(CCNS(=O)(=O)c2ccccc2)cs1)C(=O)OCC. The number of benzene rings is 1. The number of hydrogen-bond donors (Lipinski definition) is 1. The average Bonchev–Trinajstić information content (AvgIpc) is 3.14. The summed E-state index contributed by atoms with van der Waals surface area (Å²) in [6.07, 6.45) is 0.685. The molecule has 1 aromatic carbocycles. The van der Waals surface area contributed by atoms with E-state index in [9.17, 15) is 18.0 Å². The van der Waals surface area contributed by atoms with E-state index in [2.05, 4.69) is 4.72 Å². The van der Waals surface area contributed by atoms with Crippen LogP contribution in [0, 0.1) is 5.92 Å². The maximum Gasteiger partial charge on any atom is 0.320 e. The van der Waals surface area contributed by atoms with Gasteiger partial charge in [0.1, 0.15) is 0 Å². The average molecular weight is 440 g/mol. The molecule has 0 unspecified atom stereocenters. The molecule has 0 aliphatic heterocycles. The molecule has 0 aliphatic carbocycles. The molecule has 0 amide bonds. The molecule has 0 saturated carbocycles. The second kappa shape index (κ2) is 11.1. The van der Waals surface area contributed by atoms with Crippen molar-refractivity contribution in [3.05, 3.63) is 52.2 Å². The maximum atomic E-state index is 12.2. The normalized spacial score (nSPS) is 11.4. The number of nitrogens with one attached hydrogen (secondary N) is 1. The van der Waals surface area contributed by atoms with Gasteiger partial charge in [-0.3, -0.25) is 9.59 Å². The Hall–Kier alpha value is -2.23. The zero-order valence-electron chi connectivity index (χ0n) is 16.4. The Morgan fingerprint density at radius 2 is 1.69 bits per heavy atom. The Labute approximate surface area is 175 Å². The Kier molecular flexibility index (Phi) is 8.81. The molecule has 0 atom stereocenters. The molecule has 1 N–H and O–H groups in total. The summed E-state index contributed by atoms with van der Waals surface area (Å²) in [5, 5.41) is 1.89. The second-order valence-electron chi connectivity index (χ2n) is 6.14. The first-order chi connectivity index (χ1) is 13.9. The van der Waals surface area contributed by atoms with Crippen LogP contribution >= 0.6 is 11.3 Å². The van der Waals surface area contributed by atoms with Gasteiger partial charge in [-0.1, -0.05) is 18.2 Å². The number of esters is 2. The minimum absolute atomic E-state index is 0.186. The third kappa shape index (κ3) is 6.95. The molecule has 7 nitrogen and oxygen atoms in total. The fourth-order valence-electron chi connectivity index (χ4n) is 2.63. The van der Waals surface area contributed by atoms with E-state index in [1.54, 1.807) is 32.0 Å². The summed E-state index contributed by atoms with van der Waals surface area (Å²) in [4.78, 5) is 25.2. The van der Waals surface area contributed by atoms with Crippen LogP contribution in [0.4, 0.5) is 0 Å². The Bertz CT molecular complexity index is 890. The summed E-state index contributed by atoms with van der Waals surface area (Å²) in [5.41, 5.74) is 0.923. The summed E-state index contributed by atoms with van der Waals surface area (Å²) in [7, 11) is -3.55. The number of sulfonamides is 1. The van der Waals surface area contributed by atoms with Gasteiger partial charge >= 0.3 is 11.9 Å². The van der Waals surface area contributed by atoms with Crippen LogP contribution in [0.15, 0.2) is 46.7 Å². The summed E-state index contributed by atoms with van der Waals surface area (Å²) < 4.78 is 37.0. The van der Waals surface area contributed by atoms with Crippen molar-refractivity contribution < 1.29 is 27.5 Å². The van der Waals surface area contributed by atoms with Crippen LogP contribution in [-0.2, 0) is 41.9 Å². The van der Waals surface area contributed by atoms with Gasteiger partial charge in [0.05, 0.1) is 18.1 Å². The molecule has 9 heteroatoms. The molecule has 29 heavy (non-hydrogen) atoms. The van der Waals surface area contributed by atoms with E-state index in [1.165, 1.54) is 23.5 Å². The van der Waals surface area contributed by atoms with Gasteiger partial charge in [-0.2, -0.15) is 0 Å². The molecular formula is C20H25NO6S2. The van der Waals surface area contributed by atoms with Crippen LogP contribution < -0.4 is 4.72 Å². The molecule has 0 saturated heterocycles. The van der Waals surface area contributed by atoms with E-state index < -0.39 is 27.9 Å². The molecule has 0 radical (unpaired) electrons. The summed E-state index contributed by atoms with van der Waals surface area (Å²) in [5.74, 6) is -2.20. The fraction of sp³-hybridized carbons (Fsp3) is 0.400. The summed E-state index contributed by atoms with van der Waals surface area (Å²) in [6.45, 7) is 3.98. The predicted molar refractivity (Wildman–Crippen MR) is 110 cm³/mol. The van der Waals surface area contributed by atoms with Crippen LogP contribution in [0.5, 0.6) is 0 Å². The van der Waals surface area contributed by atoms with Gasteiger partial charge in [0.25, 0.3) is 0 Å². The molecule has 158 valence electrons. The number of rotatable bonds is 11. The van der Waals surface area contributed by atoms with E-state index in [4.69, 9.17) is 9.47 Å². The number of carbonyl (C=O) groups is 2. The van der Waals surface area contributed by atoms with Gasteiger partial charge in [0.2, 0.25) is 10.0 Å². The number of ether oxygens (including phenoxy) is 2. The van der Waals surface area contributed by atoms with Gasteiger partial charge in [-0.15, -0.1) is 11.3 Å². The zero-order chi connectivity index (χ0) is 21.3. The molecular weight excluding hydrogens is 414 g/mol. The van der Waals surface area contributed by atoms with Crippen LogP contribution in [0.2, 0.25) is 0 Å². The first-order valence-corrected chi connectivity index (χ1v) is 11.7. The molecule has 2 rings (SSSR count). The lowest BCUT2D eigenvalue weighted by atomic mass is 10.0. The van der Waals surface area contributed by atoms with Gasteiger partial charge in [-0.25, -0.2) is 13.1 Å². The van der Waals surface area contributed by atoms with Crippen LogP contribution in [0.3, 0.4) is 0 Å². The van der Waals surface area contributed by atoms with Crippen molar-refractivity contribution >= 4 is 33.3 Å². The van der Waals surface area contributed by atoms with Crippen molar-refractivity contribution in [3.63, 3.8) is 0 Å². The predicted octanol–water partition coefficient (Wildman–Crippen LogP) is 2.55. The highest BCUT2D eigenvalue weighted by molar-refractivity contribution is 7.89. The number of hydrogen-bond acceptors (Lipinski definition) is 7. The zero-order valence-corrected chi connectivity index (χ0v) is 18.1. The van der Waals surface area contributed by atoms with Crippen LogP contribution in [0.1, 0.15) is 24.3 Å². The first-order valence-electron chi connectivity index (χ1n) is 9.31. The van der Waals surface area contributed by atoms with Gasteiger partial charge in [0, 0.05) is 17.8 Å². The highest BCUT2D eigenvalue weighted by atomic mass is 32.2. The lowest BCUT2D eigenvalue weighted by Crippen LogP contribution is -2.29. The largest absolute Gasteiger partial charge is 0.465 e. The van der Waals surface area contributed by atoms with E-state index in [1.807, 2.05) is 11.4 Å². The minimum Gasteiger partial charge on any atom is -0.465 e. The first kappa shape index (κ1) is 23.1. The Morgan fingerprint density at radius 1 is 1.07 bits per heavy atom. The van der Waals surface area contributed by atoms with Crippen LogP contribution in [-0.4, -0.2) is 40.1 Å². The number of carbonyl (C=O) groups excluding carboxylic acids is 2. The summed E-state index contributed by atoms with van der Waals surface area (Å²) >= 11 is 1.41. The van der Waals surface area contributed by atoms with Gasteiger partial charge in [0.15, 0.2) is 5.92 Å². The molecule has 0 aliphatic rings. The van der Waals surface area contributed by atoms with Crippen molar-refractivity contribution in [2.24, 2.45) is 5.92 Å². The molecule has 1 aromatic heterocycles. The minimum atomic E-state index is -3.55. The fourth-order valence-corrected chi connectivity index (χ4v) is 4.65. The highest BCUT2D eigenvalue weighted by Crippen LogP contribution is 2.21. The maximum absolute atomic E-state index is 12.2. The molecule has 2 aromatic rings. The topological polar surface area (TPSA) is 98.8 Å². The highest BCUT2D eigenvalue weighted by Gasteiger charge is 2.30. The monoisotopic (exact) mass is 439 g/mol. The van der Waals surface area contributed by atoms with Crippen molar-refractivity contribution in [3.8, 4) is 0 Å². The molecule has 0 bridgehead atoms. The standard InChI is InChI=1S/C20H25NO6S2/c1-3-26-19(22)18(20(23)27-4-2)13-16-12-15(14-28-16)10-11-21-29(24,25)17-8-6-5-7-9-17/h5-9,12,14,18,21H,3-4,10-11,13H2,1-2H3. The van der Waals surface area contributed by atoms with E-state index in [0.29, 0.717) is 6.42 Å². The second-order valence-corrected chi connectivity index (χ2v) is 8.91. The van der Waals surface area contributed by atoms with Gasteiger partial charge in [-0.05, 0) is 49.4 Å².